The number of anilines is 1. The molecule has 0 spiro atoms. The second-order valence-electron chi connectivity index (χ2n) is 13.4. The lowest BCUT2D eigenvalue weighted by molar-refractivity contribution is 0.0804. The molecule has 0 aliphatic carbocycles. The van der Waals surface area contributed by atoms with Crippen LogP contribution in [0.5, 0.6) is 17.6 Å². The zero-order valence-corrected chi connectivity index (χ0v) is 26.4. The number of hydrogen-bond acceptors (Lipinski definition) is 9. The monoisotopic (exact) mass is 680 g/mol. The standard InChI is InChI=1S/C35H33F5N6O3/c1-2-23-25(37)7-4-18-10-22(47)11-24(27(18)23)30-29(40)31-28(33(42-30)48-16-26(38)39)32(45-14-20-5-6-21(15-45)41-20)44-34(43-31)49-17-35-8-3-9-46(35)13-19(36)12-35/h1,4,7,10-11,19-21,26,41,47H,3,5-6,8-9,12-17H2/t19-,20?,21?,35+/m1/s1. The summed E-state index contributed by atoms with van der Waals surface area (Å²) in [5, 5.41) is 14.5. The van der Waals surface area contributed by atoms with Crippen molar-refractivity contribution in [2.24, 2.45) is 0 Å². The lowest BCUT2D eigenvalue weighted by Gasteiger charge is -2.35. The molecule has 4 saturated heterocycles. The van der Waals surface area contributed by atoms with Crippen molar-refractivity contribution < 1.29 is 36.5 Å². The molecule has 256 valence electrons. The van der Waals surface area contributed by atoms with Crippen molar-refractivity contribution in [1.29, 1.82) is 0 Å². The number of halogens is 5. The Morgan fingerprint density at radius 1 is 1.06 bits per heavy atom. The number of phenols is 1. The van der Waals surface area contributed by atoms with E-state index in [9.17, 15) is 22.7 Å². The smallest absolute Gasteiger partial charge is 0.319 e. The second kappa shape index (κ2) is 12.1. The molecule has 9 nitrogen and oxygen atoms in total. The first-order valence-corrected chi connectivity index (χ1v) is 16.4. The van der Waals surface area contributed by atoms with Crippen LogP contribution in [0.3, 0.4) is 0 Å². The highest BCUT2D eigenvalue weighted by Crippen LogP contribution is 2.44. The highest BCUT2D eigenvalue weighted by Gasteiger charge is 2.49. The summed E-state index contributed by atoms with van der Waals surface area (Å²) in [6, 6.07) is 5.09. The van der Waals surface area contributed by atoms with Crippen LogP contribution >= 0.6 is 0 Å². The quantitative estimate of drug-likeness (QED) is 0.189. The number of fused-ring (bicyclic) bond motifs is 5. The number of pyridine rings is 1. The number of hydrogen-bond donors (Lipinski definition) is 2. The fourth-order valence-electron chi connectivity index (χ4n) is 8.19. The maximum Gasteiger partial charge on any atom is 0.319 e. The predicted octanol–water partition coefficient (Wildman–Crippen LogP) is 5.35. The highest BCUT2D eigenvalue weighted by molar-refractivity contribution is 6.04. The molecule has 4 atom stereocenters. The Hall–Kier alpha value is -4.48. The van der Waals surface area contributed by atoms with Crippen molar-refractivity contribution in [3.63, 3.8) is 0 Å². The average molecular weight is 681 g/mol. The predicted molar refractivity (Wildman–Crippen MR) is 172 cm³/mol. The van der Waals surface area contributed by atoms with Gasteiger partial charge in [0.25, 0.3) is 6.43 Å². The van der Waals surface area contributed by atoms with Crippen LogP contribution < -0.4 is 19.7 Å². The van der Waals surface area contributed by atoms with E-state index < -0.39 is 42.1 Å². The van der Waals surface area contributed by atoms with E-state index in [1.165, 1.54) is 18.2 Å². The third kappa shape index (κ3) is 5.53. The molecule has 6 heterocycles. The molecule has 4 aliphatic heterocycles. The van der Waals surface area contributed by atoms with Crippen molar-refractivity contribution >= 4 is 27.5 Å². The largest absolute Gasteiger partial charge is 0.508 e. The van der Waals surface area contributed by atoms with E-state index in [4.69, 9.17) is 20.9 Å². The van der Waals surface area contributed by atoms with Crippen LogP contribution in [0.2, 0.25) is 0 Å². The van der Waals surface area contributed by atoms with E-state index in [0.717, 1.165) is 38.3 Å². The molecule has 0 saturated carbocycles. The van der Waals surface area contributed by atoms with Gasteiger partial charge in [-0.25, -0.2) is 26.9 Å². The van der Waals surface area contributed by atoms with Crippen LogP contribution in [0.15, 0.2) is 24.3 Å². The number of alkyl halides is 3. The summed E-state index contributed by atoms with van der Waals surface area (Å²) >= 11 is 0. The van der Waals surface area contributed by atoms with Gasteiger partial charge in [0.2, 0.25) is 5.88 Å². The number of piperazine rings is 1. The van der Waals surface area contributed by atoms with Crippen molar-refractivity contribution in [3.8, 4) is 41.2 Å². The van der Waals surface area contributed by atoms with Crippen LogP contribution in [0, 0.1) is 24.0 Å². The van der Waals surface area contributed by atoms with Crippen LogP contribution in [-0.2, 0) is 0 Å². The van der Waals surface area contributed by atoms with Crippen molar-refractivity contribution in [3.05, 3.63) is 41.5 Å². The fourth-order valence-corrected chi connectivity index (χ4v) is 8.19. The summed E-state index contributed by atoms with van der Waals surface area (Å²) in [6.07, 6.45) is 5.52. The Balaban J connectivity index is 1.34. The van der Waals surface area contributed by atoms with E-state index in [2.05, 4.69) is 26.1 Å². The summed E-state index contributed by atoms with van der Waals surface area (Å²) in [5.74, 6) is 0.0729. The van der Waals surface area contributed by atoms with Gasteiger partial charge in [-0.3, -0.25) is 4.90 Å². The van der Waals surface area contributed by atoms with Gasteiger partial charge in [0, 0.05) is 49.1 Å². The molecular weight excluding hydrogens is 647 g/mol. The Bertz CT molecular complexity index is 2000. The normalized spacial score (nSPS) is 25.0. The van der Waals surface area contributed by atoms with Crippen LogP contribution in [0.4, 0.5) is 27.8 Å². The number of terminal acetylenes is 1. The third-order valence-electron chi connectivity index (χ3n) is 10.3. The Kier molecular flexibility index (Phi) is 7.87. The van der Waals surface area contributed by atoms with Gasteiger partial charge in [0.05, 0.1) is 11.1 Å². The number of phenolic OH excluding ortho intramolecular Hbond substituents is 1. The molecule has 2 aromatic carbocycles. The first-order valence-electron chi connectivity index (χ1n) is 16.4. The van der Waals surface area contributed by atoms with Crippen LogP contribution in [0.1, 0.15) is 37.7 Å². The van der Waals surface area contributed by atoms with E-state index >= 15 is 4.39 Å². The molecule has 0 amide bonds. The first kappa shape index (κ1) is 31.8. The summed E-state index contributed by atoms with van der Waals surface area (Å²) < 4.78 is 85.6. The minimum Gasteiger partial charge on any atom is -0.508 e. The SMILES string of the molecule is C#Cc1c(F)ccc2cc(O)cc(-c3nc(OCC(F)F)c4c(N5CC6CCC(C5)N6)nc(OC[C@@]56CCCN5C[C@H](F)C6)nc4c3F)c12. The molecule has 2 unspecified atom stereocenters. The zero-order chi connectivity index (χ0) is 34.0. The summed E-state index contributed by atoms with van der Waals surface area (Å²) in [7, 11) is 0. The van der Waals surface area contributed by atoms with Crippen LogP contribution in [0.25, 0.3) is 32.9 Å². The molecule has 4 aromatic rings. The number of nitrogens with zero attached hydrogens (tertiary/aromatic N) is 5. The van der Waals surface area contributed by atoms with Crippen molar-refractivity contribution in [1.82, 2.24) is 25.2 Å². The number of nitrogens with one attached hydrogen (secondary N) is 1. The lowest BCUT2D eigenvalue weighted by Crippen LogP contribution is -2.51. The molecule has 4 fully saturated rings. The number of aromatic hydroxyl groups is 1. The maximum atomic E-state index is 17.1. The van der Waals surface area contributed by atoms with Gasteiger partial charge in [-0.1, -0.05) is 12.0 Å². The van der Waals surface area contributed by atoms with Crippen molar-refractivity contribution in [2.45, 2.75) is 62.3 Å². The van der Waals surface area contributed by atoms with Gasteiger partial charge in [-0.2, -0.15) is 9.97 Å². The summed E-state index contributed by atoms with van der Waals surface area (Å²) in [5.41, 5.74) is -1.61. The lowest BCUT2D eigenvalue weighted by atomic mass is 9.95. The average Bonchev–Trinajstić information content (AvgIpc) is 3.73. The van der Waals surface area contributed by atoms with Gasteiger partial charge in [-0.05, 0) is 55.8 Å². The zero-order valence-electron chi connectivity index (χ0n) is 26.4. The molecule has 8 rings (SSSR count). The van der Waals surface area contributed by atoms with Gasteiger partial charge >= 0.3 is 6.01 Å². The van der Waals surface area contributed by atoms with E-state index in [-0.39, 0.29) is 69.6 Å². The molecule has 2 aromatic heterocycles. The third-order valence-corrected chi connectivity index (χ3v) is 10.3. The topological polar surface area (TPSA) is 95.9 Å². The highest BCUT2D eigenvalue weighted by atomic mass is 19.3. The van der Waals surface area contributed by atoms with Crippen molar-refractivity contribution in [2.75, 3.05) is 44.3 Å². The van der Waals surface area contributed by atoms with E-state index in [0.29, 0.717) is 31.4 Å². The molecule has 14 heteroatoms. The van der Waals surface area contributed by atoms with E-state index in [1.807, 2.05) is 4.90 Å². The minimum absolute atomic E-state index is 0.0336. The molecule has 2 bridgehead atoms. The number of rotatable bonds is 8. The van der Waals surface area contributed by atoms with Gasteiger partial charge in [-0.15, -0.1) is 6.42 Å². The van der Waals surface area contributed by atoms with Gasteiger partial charge in [0.15, 0.2) is 12.4 Å². The summed E-state index contributed by atoms with van der Waals surface area (Å²) in [6.45, 7) is 1.03. The maximum absolute atomic E-state index is 17.1. The Labute approximate surface area is 278 Å². The molecule has 4 aliphatic rings. The minimum atomic E-state index is -2.89. The summed E-state index contributed by atoms with van der Waals surface area (Å²) in [4.78, 5) is 17.6. The number of ether oxygens (including phenoxy) is 2. The Morgan fingerprint density at radius 2 is 1.86 bits per heavy atom. The molecular formula is C35H33F5N6O3. The second-order valence-corrected chi connectivity index (χ2v) is 13.4. The number of aromatic nitrogens is 3. The molecule has 49 heavy (non-hydrogen) atoms. The molecule has 0 radical (unpaired) electrons. The Morgan fingerprint density at radius 3 is 2.61 bits per heavy atom. The van der Waals surface area contributed by atoms with Crippen LogP contribution in [-0.4, -0.2) is 94.6 Å². The van der Waals surface area contributed by atoms with Gasteiger partial charge in [0.1, 0.15) is 46.8 Å². The number of benzene rings is 2. The van der Waals surface area contributed by atoms with E-state index in [1.54, 1.807) is 0 Å². The fraction of sp³-hybridized carbons (Fsp3) is 0.457. The van der Waals surface area contributed by atoms with Gasteiger partial charge < -0.3 is 24.8 Å². The first-order chi connectivity index (χ1) is 23.6. The molecule has 2 N–H and O–H groups in total.